The Morgan fingerprint density at radius 3 is 2.68 bits per heavy atom. The maximum atomic E-state index is 13.3. The van der Waals surface area contributed by atoms with Gasteiger partial charge in [-0.25, -0.2) is 9.59 Å². The summed E-state index contributed by atoms with van der Waals surface area (Å²) < 4.78 is 5.48. The van der Waals surface area contributed by atoms with Gasteiger partial charge >= 0.3 is 12.1 Å². The van der Waals surface area contributed by atoms with Crippen molar-refractivity contribution in [2.75, 3.05) is 25.5 Å². The van der Waals surface area contributed by atoms with Crippen molar-refractivity contribution in [2.24, 2.45) is 0 Å². The van der Waals surface area contributed by atoms with Gasteiger partial charge in [-0.15, -0.1) is 0 Å². The first kappa shape index (κ1) is 21.9. The lowest BCUT2D eigenvalue weighted by Crippen LogP contribution is -2.35. The summed E-state index contributed by atoms with van der Waals surface area (Å²) in [6.45, 7) is 1.33. The smallest absolute Gasteiger partial charge is 0.415 e. The van der Waals surface area contributed by atoms with E-state index in [1.54, 1.807) is 18.2 Å². The number of alkyl carbamates (subject to hydrolysis) is 1. The van der Waals surface area contributed by atoms with E-state index in [0.717, 1.165) is 12.0 Å². The molecule has 9 nitrogen and oxygen atoms in total. The van der Waals surface area contributed by atoms with E-state index in [-0.39, 0.29) is 30.7 Å². The summed E-state index contributed by atoms with van der Waals surface area (Å²) >= 11 is 0. The van der Waals surface area contributed by atoms with Crippen LogP contribution in [0.5, 0.6) is 0 Å². The molecular formula is C25H26N4O5. The molecule has 0 saturated carbocycles. The third-order valence-electron chi connectivity index (χ3n) is 7.03. The molecule has 1 aliphatic carbocycles. The molecule has 2 aromatic rings. The summed E-state index contributed by atoms with van der Waals surface area (Å²) in [5.41, 5.74) is 1.59. The highest BCUT2D eigenvalue weighted by atomic mass is 16.6. The lowest BCUT2D eigenvalue weighted by atomic mass is 9.94. The van der Waals surface area contributed by atoms with Crippen LogP contribution < -0.4 is 16.0 Å². The molecule has 2 aliphatic heterocycles. The number of hydrogen-bond donors (Lipinski definition) is 3. The number of benzene rings is 2. The van der Waals surface area contributed by atoms with E-state index in [1.165, 1.54) is 12.6 Å². The molecule has 9 heteroatoms. The van der Waals surface area contributed by atoms with Crippen LogP contribution in [0.3, 0.4) is 0 Å². The average Bonchev–Trinajstić information content (AvgIpc) is 3.51. The van der Waals surface area contributed by atoms with Crippen LogP contribution in [0.1, 0.15) is 47.8 Å². The zero-order chi connectivity index (χ0) is 23.9. The summed E-state index contributed by atoms with van der Waals surface area (Å²) in [5.74, 6) is -0.550. The Morgan fingerprint density at radius 1 is 1.18 bits per heavy atom. The quantitative estimate of drug-likeness (QED) is 0.646. The number of hydrogen-bond acceptors (Lipinski definition) is 5. The van der Waals surface area contributed by atoms with Crippen molar-refractivity contribution >= 4 is 29.6 Å². The van der Waals surface area contributed by atoms with Crippen molar-refractivity contribution in [2.45, 2.75) is 36.7 Å². The molecule has 2 saturated heterocycles. The SMILES string of the molecule is CNC(=O)Nc1ccc2c(c1)[C@@H](CC(=O)N1CC[C@H](c3ccccc3)C1)C[C@@]21OC(=O)NC1=O. The van der Waals surface area contributed by atoms with Gasteiger partial charge in [0.25, 0.3) is 5.91 Å². The average molecular weight is 463 g/mol. The Bertz CT molecular complexity index is 1170. The van der Waals surface area contributed by atoms with Crippen LogP contribution in [-0.4, -0.2) is 49.0 Å². The van der Waals surface area contributed by atoms with Crippen molar-refractivity contribution in [1.82, 2.24) is 15.5 Å². The predicted octanol–water partition coefficient (Wildman–Crippen LogP) is 2.79. The van der Waals surface area contributed by atoms with E-state index in [9.17, 15) is 19.2 Å². The number of carbonyl (C=O) groups is 4. The molecule has 0 aromatic heterocycles. The standard InChI is InChI=1S/C25H26N4O5/c1-26-23(32)27-18-7-8-20-19(12-18)17(13-25(20)22(31)28-24(33)34-25)11-21(30)29-10-9-16(14-29)15-5-3-2-4-6-15/h2-8,12,16-17H,9-11,13-14H2,1H3,(H2,26,27,32)(H,28,31,33)/t16-,17-,25+/m0/s1. The van der Waals surface area contributed by atoms with Crippen molar-refractivity contribution < 1.29 is 23.9 Å². The van der Waals surface area contributed by atoms with Gasteiger partial charge in [-0.05, 0) is 35.6 Å². The minimum atomic E-state index is -1.44. The number of amides is 5. The lowest BCUT2D eigenvalue weighted by Gasteiger charge is -2.21. The number of nitrogens with zero attached hydrogens (tertiary/aromatic N) is 1. The van der Waals surface area contributed by atoms with Crippen molar-refractivity contribution in [3.63, 3.8) is 0 Å². The minimum absolute atomic E-state index is 0.000765. The van der Waals surface area contributed by atoms with Gasteiger partial charge in [-0.2, -0.15) is 0 Å². The van der Waals surface area contributed by atoms with Gasteiger partial charge in [0, 0.05) is 50.1 Å². The molecular weight excluding hydrogens is 436 g/mol. The van der Waals surface area contributed by atoms with E-state index in [0.29, 0.717) is 30.3 Å². The zero-order valence-electron chi connectivity index (χ0n) is 18.8. The molecule has 3 N–H and O–H groups in total. The van der Waals surface area contributed by atoms with Crippen LogP contribution in [0.25, 0.3) is 0 Å². The minimum Gasteiger partial charge on any atom is -0.427 e. The van der Waals surface area contributed by atoms with Crippen LogP contribution in [0.4, 0.5) is 15.3 Å². The largest absolute Gasteiger partial charge is 0.427 e. The molecule has 3 atom stereocenters. The summed E-state index contributed by atoms with van der Waals surface area (Å²) in [4.78, 5) is 51.6. The molecule has 1 spiro atoms. The third kappa shape index (κ3) is 3.76. The Kier molecular flexibility index (Phi) is 5.47. The molecule has 2 heterocycles. The van der Waals surface area contributed by atoms with Crippen LogP contribution in [-0.2, 0) is 19.9 Å². The topological polar surface area (TPSA) is 117 Å². The fourth-order valence-electron chi connectivity index (χ4n) is 5.35. The normalized spacial score (nSPS) is 25.1. The van der Waals surface area contributed by atoms with Crippen molar-refractivity contribution in [3.8, 4) is 0 Å². The Hall–Kier alpha value is -3.88. The van der Waals surface area contributed by atoms with E-state index in [4.69, 9.17) is 4.74 Å². The number of ether oxygens (including phenoxy) is 1. The second-order valence-corrected chi connectivity index (χ2v) is 9.02. The molecule has 5 rings (SSSR count). The lowest BCUT2D eigenvalue weighted by molar-refractivity contribution is -0.134. The number of carbonyl (C=O) groups excluding carboxylic acids is 4. The van der Waals surface area contributed by atoms with Gasteiger partial charge in [0.15, 0.2) is 0 Å². The first-order valence-corrected chi connectivity index (χ1v) is 11.4. The van der Waals surface area contributed by atoms with Gasteiger partial charge in [0.05, 0.1) is 0 Å². The number of imide groups is 1. The van der Waals surface area contributed by atoms with Crippen LogP contribution >= 0.6 is 0 Å². The molecule has 2 fully saturated rings. The zero-order valence-corrected chi connectivity index (χ0v) is 18.8. The molecule has 0 unspecified atom stereocenters. The van der Waals surface area contributed by atoms with Crippen LogP contribution in [0.2, 0.25) is 0 Å². The Balaban J connectivity index is 1.38. The Labute approximate surface area is 196 Å². The summed E-state index contributed by atoms with van der Waals surface area (Å²) in [6.07, 6.45) is 0.484. The van der Waals surface area contributed by atoms with Crippen molar-refractivity contribution in [1.29, 1.82) is 0 Å². The summed E-state index contributed by atoms with van der Waals surface area (Å²) in [5, 5.41) is 7.44. The van der Waals surface area contributed by atoms with Gasteiger partial charge < -0.3 is 20.3 Å². The van der Waals surface area contributed by atoms with Crippen LogP contribution in [0.15, 0.2) is 48.5 Å². The van der Waals surface area contributed by atoms with Gasteiger partial charge in [-0.3, -0.25) is 14.9 Å². The van der Waals surface area contributed by atoms with Crippen molar-refractivity contribution in [3.05, 3.63) is 65.2 Å². The molecule has 5 amide bonds. The number of anilines is 1. The van der Waals surface area contributed by atoms with E-state index < -0.39 is 17.6 Å². The van der Waals surface area contributed by atoms with Gasteiger partial charge in [0.2, 0.25) is 11.5 Å². The highest BCUT2D eigenvalue weighted by Gasteiger charge is 2.57. The number of rotatable bonds is 4. The maximum absolute atomic E-state index is 13.3. The van der Waals surface area contributed by atoms with E-state index in [2.05, 4.69) is 28.1 Å². The molecule has 176 valence electrons. The number of likely N-dealkylation sites (tertiary alicyclic amines) is 1. The molecule has 2 aromatic carbocycles. The molecule has 0 radical (unpaired) electrons. The summed E-state index contributed by atoms with van der Waals surface area (Å²) in [7, 11) is 1.51. The monoisotopic (exact) mass is 462 g/mol. The first-order chi connectivity index (χ1) is 16.4. The van der Waals surface area contributed by atoms with Gasteiger partial charge in [0.1, 0.15) is 0 Å². The van der Waals surface area contributed by atoms with Gasteiger partial charge in [-0.1, -0.05) is 36.4 Å². The van der Waals surface area contributed by atoms with E-state index >= 15 is 0 Å². The Morgan fingerprint density at radius 2 is 1.97 bits per heavy atom. The van der Waals surface area contributed by atoms with Crippen LogP contribution in [0, 0.1) is 0 Å². The fourth-order valence-corrected chi connectivity index (χ4v) is 5.35. The number of nitrogens with one attached hydrogen (secondary N) is 3. The predicted molar refractivity (Wildman–Crippen MR) is 123 cm³/mol. The molecule has 0 bridgehead atoms. The number of urea groups is 1. The second kappa shape index (κ2) is 8.48. The third-order valence-corrected chi connectivity index (χ3v) is 7.03. The highest BCUT2D eigenvalue weighted by molar-refractivity contribution is 6.04. The molecule has 34 heavy (non-hydrogen) atoms. The highest BCUT2D eigenvalue weighted by Crippen LogP contribution is 2.51. The second-order valence-electron chi connectivity index (χ2n) is 9.02. The maximum Gasteiger partial charge on any atom is 0.415 e. The first-order valence-electron chi connectivity index (χ1n) is 11.4. The molecule has 3 aliphatic rings. The fraction of sp³-hybridized carbons (Fsp3) is 0.360. The number of fused-ring (bicyclic) bond motifs is 2. The summed E-state index contributed by atoms with van der Waals surface area (Å²) in [6, 6.07) is 14.9. The van der Waals surface area contributed by atoms with E-state index in [1.807, 2.05) is 23.1 Å².